The molecule has 2 aliphatic heterocycles. The lowest BCUT2D eigenvalue weighted by Crippen LogP contribution is -2.55. The summed E-state index contributed by atoms with van der Waals surface area (Å²) >= 11 is 0. The van der Waals surface area contributed by atoms with Crippen LogP contribution in [0.1, 0.15) is 34.3 Å². The zero-order valence-electron chi connectivity index (χ0n) is 26.0. The first-order valence-electron chi connectivity index (χ1n) is 15.7. The van der Waals surface area contributed by atoms with E-state index in [2.05, 4.69) is 94.7 Å². The number of para-hydroxylation sites is 1. The highest BCUT2D eigenvalue weighted by Gasteiger charge is 2.37. The SMILES string of the molecule is CS(=O)(=O)OC1CN(C(c2ccccc2)c2ccccc2)C1.c1ccc(OC2CN(C(c3ccccc3)c3ccccc3)C2)cc1. The monoisotopic (exact) mass is 632 g/mol. The summed E-state index contributed by atoms with van der Waals surface area (Å²) in [6.07, 6.45) is 1.12. The van der Waals surface area contributed by atoms with Crippen LogP contribution in [0.15, 0.2) is 152 Å². The maximum absolute atomic E-state index is 11.2. The molecule has 0 spiro atoms. The zero-order valence-corrected chi connectivity index (χ0v) is 26.8. The van der Waals surface area contributed by atoms with E-state index in [1.165, 1.54) is 22.3 Å². The van der Waals surface area contributed by atoms with Gasteiger partial charge in [0.25, 0.3) is 10.1 Å². The molecule has 5 aromatic carbocycles. The number of ether oxygens (including phenoxy) is 1. The van der Waals surface area contributed by atoms with Crippen molar-refractivity contribution in [1.82, 2.24) is 9.80 Å². The molecule has 0 N–H and O–H groups in total. The van der Waals surface area contributed by atoms with Crippen molar-refractivity contribution in [3.8, 4) is 5.75 Å². The van der Waals surface area contributed by atoms with Gasteiger partial charge in [-0.25, -0.2) is 0 Å². The lowest BCUT2D eigenvalue weighted by atomic mass is 9.94. The molecule has 0 unspecified atom stereocenters. The van der Waals surface area contributed by atoms with Gasteiger partial charge in [-0.2, -0.15) is 8.42 Å². The third kappa shape index (κ3) is 8.30. The van der Waals surface area contributed by atoms with E-state index in [0.717, 1.165) is 25.1 Å². The van der Waals surface area contributed by atoms with Crippen LogP contribution in [0.25, 0.3) is 0 Å². The van der Waals surface area contributed by atoms with Gasteiger partial charge in [0, 0.05) is 26.2 Å². The van der Waals surface area contributed by atoms with E-state index in [1.807, 2.05) is 66.7 Å². The minimum Gasteiger partial charge on any atom is -0.488 e. The van der Waals surface area contributed by atoms with Crippen LogP contribution in [0, 0.1) is 0 Å². The van der Waals surface area contributed by atoms with Crippen LogP contribution in [-0.2, 0) is 14.3 Å². The lowest BCUT2D eigenvalue weighted by molar-refractivity contribution is 0.000287. The highest BCUT2D eigenvalue weighted by atomic mass is 32.2. The molecule has 6 nitrogen and oxygen atoms in total. The number of benzene rings is 5. The Bertz CT molecular complexity index is 1650. The summed E-state index contributed by atoms with van der Waals surface area (Å²) in [6.45, 7) is 3.12. The Morgan fingerprint density at radius 3 is 1.13 bits per heavy atom. The van der Waals surface area contributed by atoms with Crippen LogP contribution in [-0.4, -0.2) is 62.9 Å². The van der Waals surface area contributed by atoms with Crippen molar-refractivity contribution in [2.45, 2.75) is 24.3 Å². The summed E-state index contributed by atoms with van der Waals surface area (Å²) in [6, 6.07) is 52.4. The Morgan fingerprint density at radius 1 is 0.500 bits per heavy atom. The van der Waals surface area contributed by atoms with Crippen molar-refractivity contribution in [3.05, 3.63) is 174 Å². The molecule has 46 heavy (non-hydrogen) atoms. The van der Waals surface area contributed by atoms with Crippen molar-refractivity contribution < 1.29 is 17.3 Å². The van der Waals surface area contributed by atoms with Gasteiger partial charge in [0.2, 0.25) is 0 Å². The first kappa shape index (κ1) is 31.7. The molecule has 0 bridgehead atoms. The van der Waals surface area contributed by atoms with E-state index in [9.17, 15) is 8.42 Å². The molecule has 0 radical (unpaired) electrons. The molecule has 0 aromatic heterocycles. The number of rotatable bonds is 10. The topological polar surface area (TPSA) is 59.1 Å². The highest BCUT2D eigenvalue weighted by molar-refractivity contribution is 7.86. The van der Waals surface area contributed by atoms with Gasteiger partial charge in [0.1, 0.15) is 18.0 Å². The van der Waals surface area contributed by atoms with E-state index in [-0.39, 0.29) is 18.2 Å². The van der Waals surface area contributed by atoms with Gasteiger partial charge < -0.3 is 4.74 Å². The van der Waals surface area contributed by atoms with E-state index < -0.39 is 10.1 Å². The zero-order chi connectivity index (χ0) is 31.8. The summed E-state index contributed by atoms with van der Waals surface area (Å²) in [7, 11) is -3.39. The van der Waals surface area contributed by atoms with Crippen LogP contribution < -0.4 is 4.74 Å². The summed E-state index contributed by atoms with van der Waals surface area (Å²) in [5, 5.41) is 0. The van der Waals surface area contributed by atoms with Crippen LogP contribution in [0.5, 0.6) is 5.75 Å². The average molecular weight is 633 g/mol. The molecule has 0 saturated carbocycles. The van der Waals surface area contributed by atoms with Crippen LogP contribution in [0.3, 0.4) is 0 Å². The fourth-order valence-corrected chi connectivity index (χ4v) is 6.82. The molecular formula is C39H40N2O4S. The second-order valence-corrected chi connectivity index (χ2v) is 13.4. The quantitative estimate of drug-likeness (QED) is 0.155. The Labute approximate surface area is 273 Å². The van der Waals surface area contributed by atoms with Crippen molar-refractivity contribution in [3.63, 3.8) is 0 Å². The summed E-state index contributed by atoms with van der Waals surface area (Å²) in [4.78, 5) is 4.72. The molecule has 0 aliphatic carbocycles. The van der Waals surface area contributed by atoms with Crippen LogP contribution >= 0.6 is 0 Å². The normalized spacial score (nSPS) is 15.9. The minimum atomic E-state index is -3.39. The van der Waals surface area contributed by atoms with Gasteiger partial charge >= 0.3 is 0 Å². The van der Waals surface area contributed by atoms with Gasteiger partial charge in [-0.3, -0.25) is 14.0 Å². The summed E-state index contributed by atoms with van der Waals surface area (Å²) in [5.41, 5.74) is 5.07. The molecule has 2 heterocycles. The van der Waals surface area contributed by atoms with Crippen molar-refractivity contribution in [2.75, 3.05) is 32.4 Å². The molecule has 2 aliphatic rings. The van der Waals surface area contributed by atoms with E-state index in [1.54, 1.807) is 0 Å². The van der Waals surface area contributed by atoms with Gasteiger partial charge in [-0.15, -0.1) is 0 Å². The number of nitrogens with zero attached hydrogens (tertiary/aromatic N) is 2. The Kier molecular flexibility index (Phi) is 10.3. The molecule has 2 saturated heterocycles. The first-order valence-corrected chi connectivity index (χ1v) is 17.5. The van der Waals surface area contributed by atoms with Gasteiger partial charge in [-0.1, -0.05) is 140 Å². The van der Waals surface area contributed by atoms with Crippen molar-refractivity contribution >= 4 is 10.1 Å². The fourth-order valence-electron chi connectivity index (χ4n) is 6.20. The summed E-state index contributed by atoms with van der Waals surface area (Å²) in [5.74, 6) is 0.957. The highest BCUT2D eigenvalue weighted by Crippen LogP contribution is 2.34. The Hall–Kier alpha value is -4.27. The van der Waals surface area contributed by atoms with Crippen LogP contribution in [0.2, 0.25) is 0 Å². The number of hydrogen-bond acceptors (Lipinski definition) is 6. The van der Waals surface area contributed by atoms with E-state index in [4.69, 9.17) is 8.92 Å². The fraction of sp³-hybridized carbons (Fsp3) is 0.231. The Morgan fingerprint density at radius 2 is 0.804 bits per heavy atom. The molecule has 0 atom stereocenters. The third-order valence-corrected chi connectivity index (χ3v) is 8.92. The minimum absolute atomic E-state index is 0.127. The molecule has 7 heteroatoms. The Balaban J connectivity index is 0.000000162. The van der Waals surface area contributed by atoms with Gasteiger partial charge in [0.15, 0.2) is 0 Å². The second-order valence-electron chi connectivity index (χ2n) is 11.8. The molecule has 5 aromatic rings. The number of hydrogen-bond donors (Lipinski definition) is 0. The molecule has 0 amide bonds. The van der Waals surface area contributed by atoms with Crippen LogP contribution in [0.4, 0.5) is 0 Å². The first-order chi connectivity index (χ1) is 22.4. The molecule has 7 rings (SSSR count). The predicted molar refractivity (Wildman–Crippen MR) is 183 cm³/mol. The molecule has 2 fully saturated rings. The smallest absolute Gasteiger partial charge is 0.264 e. The van der Waals surface area contributed by atoms with Crippen molar-refractivity contribution in [2.24, 2.45) is 0 Å². The van der Waals surface area contributed by atoms with Gasteiger partial charge in [-0.05, 0) is 34.4 Å². The second kappa shape index (κ2) is 14.9. The standard InChI is InChI=1S/C22H21NO.C17H19NO3S/c1-4-10-18(11-5-1)22(19-12-6-2-7-13-19)23-16-21(17-23)24-20-14-8-3-9-15-20;1-22(19,20)21-16-12-18(13-16)17(14-8-4-2-5-9-14)15-10-6-3-7-11-15/h1-15,21-22H,16-17H2;2-11,16-17H,12-13H2,1H3. The largest absolute Gasteiger partial charge is 0.488 e. The maximum atomic E-state index is 11.2. The van der Waals surface area contributed by atoms with E-state index >= 15 is 0 Å². The lowest BCUT2D eigenvalue weighted by Gasteiger charge is -2.44. The summed E-state index contributed by atoms with van der Waals surface area (Å²) < 4.78 is 33.5. The maximum Gasteiger partial charge on any atom is 0.264 e. The number of likely N-dealkylation sites (tertiary alicyclic amines) is 2. The van der Waals surface area contributed by atoms with Crippen molar-refractivity contribution in [1.29, 1.82) is 0 Å². The third-order valence-electron chi connectivity index (χ3n) is 8.30. The molecule has 236 valence electrons. The predicted octanol–water partition coefficient (Wildman–Crippen LogP) is 6.98. The van der Waals surface area contributed by atoms with Gasteiger partial charge in [0.05, 0.1) is 18.3 Å². The molecular weight excluding hydrogens is 593 g/mol. The average Bonchev–Trinajstić information content (AvgIpc) is 3.05. The van der Waals surface area contributed by atoms with E-state index in [0.29, 0.717) is 19.1 Å².